The predicted molar refractivity (Wildman–Crippen MR) is 214 cm³/mol. The molecule has 0 saturated heterocycles. The Labute approximate surface area is 322 Å². The van der Waals surface area contributed by atoms with Gasteiger partial charge in [0.25, 0.3) is 0 Å². The van der Waals surface area contributed by atoms with Crippen LogP contribution in [-0.2, 0) is 32.7 Å². The average molecular weight is 773 g/mol. The van der Waals surface area contributed by atoms with Gasteiger partial charge in [-0.25, -0.2) is 4.57 Å². The van der Waals surface area contributed by atoms with Crippen LogP contribution in [0.15, 0.2) is 36.5 Å². The molecule has 0 radical (unpaired) electrons. The SMILES string of the molecule is CCCC/C=C\CCCCCCCC(=O)OC(CO)COP(=O)(O)OCC(CO)OC(=O)CCCCCCCCCCC/C=C\C/C=C\CCCCC. The predicted octanol–water partition coefficient (Wildman–Crippen LogP) is 10.8. The number of aliphatic hydroxyl groups is 2. The maximum Gasteiger partial charge on any atom is 0.472 e. The number of ether oxygens (including phenoxy) is 2. The lowest BCUT2D eigenvalue weighted by Crippen LogP contribution is -2.28. The molecule has 3 unspecified atom stereocenters. The molecule has 0 amide bonds. The van der Waals surface area contributed by atoms with Crippen molar-refractivity contribution in [1.82, 2.24) is 0 Å². The first-order valence-electron chi connectivity index (χ1n) is 20.9. The molecule has 0 saturated carbocycles. The largest absolute Gasteiger partial charge is 0.472 e. The van der Waals surface area contributed by atoms with Crippen LogP contribution in [0.5, 0.6) is 0 Å². The van der Waals surface area contributed by atoms with E-state index in [9.17, 15) is 29.3 Å². The van der Waals surface area contributed by atoms with Crippen LogP contribution >= 0.6 is 7.82 Å². The van der Waals surface area contributed by atoms with Crippen molar-refractivity contribution in [1.29, 1.82) is 0 Å². The van der Waals surface area contributed by atoms with E-state index in [2.05, 4.69) is 50.3 Å². The van der Waals surface area contributed by atoms with Gasteiger partial charge in [-0.05, 0) is 64.2 Å². The second-order valence-electron chi connectivity index (χ2n) is 14.0. The molecule has 0 rings (SSSR count). The minimum absolute atomic E-state index is 0.181. The van der Waals surface area contributed by atoms with Crippen LogP contribution in [0.4, 0.5) is 0 Å². The van der Waals surface area contributed by atoms with E-state index >= 15 is 0 Å². The quantitative estimate of drug-likeness (QED) is 0.0238. The Kier molecular flexibility index (Phi) is 37.2. The molecule has 53 heavy (non-hydrogen) atoms. The summed E-state index contributed by atoms with van der Waals surface area (Å²) in [6.07, 6.45) is 38.3. The van der Waals surface area contributed by atoms with Gasteiger partial charge in [-0.1, -0.05) is 140 Å². The van der Waals surface area contributed by atoms with Gasteiger partial charge >= 0.3 is 19.8 Å². The molecule has 0 aliphatic rings. The van der Waals surface area contributed by atoms with Crippen LogP contribution in [-0.4, -0.2) is 65.7 Å². The Morgan fingerprint density at radius 3 is 1.25 bits per heavy atom. The molecule has 310 valence electrons. The molecule has 3 N–H and O–H groups in total. The van der Waals surface area contributed by atoms with E-state index in [0.29, 0.717) is 12.8 Å². The fraction of sp³-hybridized carbons (Fsp3) is 0.810. The second kappa shape index (κ2) is 38.5. The Balaban J connectivity index is 3.92. The highest BCUT2D eigenvalue weighted by Crippen LogP contribution is 2.43. The van der Waals surface area contributed by atoms with Crippen LogP contribution in [0.25, 0.3) is 0 Å². The zero-order chi connectivity index (χ0) is 39.1. The van der Waals surface area contributed by atoms with Crippen molar-refractivity contribution >= 4 is 19.8 Å². The molecule has 0 bridgehead atoms. The topological polar surface area (TPSA) is 149 Å². The highest BCUT2D eigenvalue weighted by molar-refractivity contribution is 7.47. The number of unbranched alkanes of at least 4 members (excludes halogenated alkanes) is 19. The van der Waals surface area contributed by atoms with Gasteiger partial charge in [0.05, 0.1) is 26.4 Å². The normalized spacial score (nSPS) is 14.3. The molecule has 0 aromatic heterocycles. The minimum atomic E-state index is -4.63. The lowest BCUT2D eigenvalue weighted by Gasteiger charge is -2.20. The number of allylic oxidation sites excluding steroid dienone is 6. The molecular formula is C42H77O10P. The minimum Gasteiger partial charge on any atom is -0.457 e. The molecule has 0 fully saturated rings. The smallest absolute Gasteiger partial charge is 0.457 e. The molecule has 0 aromatic carbocycles. The number of esters is 2. The molecule has 0 heterocycles. The Morgan fingerprint density at radius 2 is 0.849 bits per heavy atom. The van der Waals surface area contributed by atoms with E-state index in [4.69, 9.17) is 18.5 Å². The molecule has 0 spiro atoms. The summed E-state index contributed by atoms with van der Waals surface area (Å²) < 4.78 is 32.5. The van der Waals surface area contributed by atoms with Gasteiger partial charge in [-0.2, -0.15) is 0 Å². The summed E-state index contributed by atoms with van der Waals surface area (Å²) in [4.78, 5) is 34.4. The average Bonchev–Trinajstić information content (AvgIpc) is 3.14. The fourth-order valence-electron chi connectivity index (χ4n) is 5.54. The van der Waals surface area contributed by atoms with Gasteiger partial charge in [0.1, 0.15) is 12.2 Å². The second-order valence-corrected chi connectivity index (χ2v) is 15.4. The van der Waals surface area contributed by atoms with E-state index in [1.807, 2.05) is 0 Å². The van der Waals surface area contributed by atoms with Gasteiger partial charge in [0, 0.05) is 12.8 Å². The number of carbonyl (C=O) groups excluding carboxylic acids is 2. The first-order valence-corrected chi connectivity index (χ1v) is 22.4. The number of phosphoric ester groups is 1. The molecule has 0 aliphatic heterocycles. The summed E-state index contributed by atoms with van der Waals surface area (Å²) in [5.41, 5.74) is 0. The van der Waals surface area contributed by atoms with Crippen molar-refractivity contribution in [2.24, 2.45) is 0 Å². The van der Waals surface area contributed by atoms with E-state index in [1.165, 1.54) is 70.6 Å². The highest BCUT2D eigenvalue weighted by Gasteiger charge is 2.27. The van der Waals surface area contributed by atoms with Crippen LogP contribution < -0.4 is 0 Å². The van der Waals surface area contributed by atoms with E-state index in [1.54, 1.807) is 0 Å². The fourth-order valence-corrected chi connectivity index (χ4v) is 6.32. The van der Waals surface area contributed by atoms with Crippen LogP contribution in [0.3, 0.4) is 0 Å². The van der Waals surface area contributed by atoms with Crippen molar-refractivity contribution in [3.8, 4) is 0 Å². The summed E-state index contributed by atoms with van der Waals surface area (Å²) in [6, 6.07) is 0. The van der Waals surface area contributed by atoms with Crippen LogP contribution in [0.2, 0.25) is 0 Å². The van der Waals surface area contributed by atoms with Crippen LogP contribution in [0.1, 0.15) is 181 Å². The number of hydrogen-bond donors (Lipinski definition) is 3. The highest BCUT2D eigenvalue weighted by atomic mass is 31.2. The number of carbonyl (C=O) groups is 2. The number of rotatable bonds is 39. The molecule has 3 atom stereocenters. The third-order valence-electron chi connectivity index (χ3n) is 8.82. The van der Waals surface area contributed by atoms with Crippen molar-refractivity contribution in [3.05, 3.63) is 36.5 Å². The maximum atomic E-state index is 12.3. The number of aliphatic hydroxyl groups excluding tert-OH is 2. The van der Waals surface area contributed by atoms with Gasteiger partial charge in [-0.15, -0.1) is 0 Å². The van der Waals surface area contributed by atoms with E-state index in [-0.39, 0.29) is 12.8 Å². The molecule has 0 aromatic rings. The van der Waals surface area contributed by atoms with Gasteiger partial charge in [0.2, 0.25) is 0 Å². The summed E-state index contributed by atoms with van der Waals surface area (Å²) in [5.74, 6) is -1.03. The molecular weight excluding hydrogens is 695 g/mol. The van der Waals surface area contributed by atoms with Crippen molar-refractivity contribution in [2.45, 2.75) is 193 Å². The standard InChI is InChI=1S/C42H77O10P/c1-3-5-7-9-11-13-15-16-17-18-19-20-21-22-24-26-28-30-32-34-42(46)52-40(36-44)38-50-53(47,48)49-37-39(35-43)51-41(45)33-31-29-27-25-23-14-12-10-8-6-4-2/h10-13,16-17,39-40,43-44H,3-9,14-15,18-38H2,1-2H3,(H,47,48)/b12-10-,13-11-,17-16-. The monoisotopic (exact) mass is 773 g/mol. The lowest BCUT2D eigenvalue weighted by molar-refractivity contribution is -0.153. The summed E-state index contributed by atoms with van der Waals surface area (Å²) in [7, 11) is -4.63. The molecule has 10 nitrogen and oxygen atoms in total. The summed E-state index contributed by atoms with van der Waals surface area (Å²) >= 11 is 0. The van der Waals surface area contributed by atoms with E-state index in [0.717, 1.165) is 70.6 Å². The Hall–Kier alpha value is -1.81. The lowest BCUT2D eigenvalue weighted by atomic mass is 10.1. The van der Waals surface area contributed by atoms with Crippen molar-refractivity contribution in [3.63, 3.8) is 0 Å². The van der Waals surface area contributed by atoms with Gasteiger partial charge < -0.3 is 24.6 Å². The van der Waals surface area contributed by atoms with Gasteiger partial charge in [0.15, 0.2) is 0 Å². The van der Waals surface area contributed by atoms with Crippen LogP contribution in [0, 0.1) is 0 Å². The zero-order valence-electron chi connectivity index (χ0n) is 33.5. The van der Waals surface area contributed by atoms with Gasteiger partial charge in [-0.3, -0.25) is 18.6 Å². The number of phosphoric acid groups is 1. The summed E-state index contributed by atoms with van der Waals surface area (Å²) in [6.45, 7) is 2.12. The molecule has 11 heteroatoms. The Bertz CT molecular complexity index is 983. The van der Waals surface area contributed by atoms with Crippen molar-refractivity contribution in [2.75, 3.05) is 26.4 Å². The first kappa shape index (κ1) is 51.2. The Morgan fingerprint density at radius 1 is 0.509 bits per heavy atom. The van der Waals surface area contributed by atoms with E-state index < -0.39 is 58.4 Å². The zero-order valence-corrected chi connectivity index (χ0v) is 34.4. The maximum absolute atomic E-state index is 12.3. The third kappa shape index (κ3) is 36.9. The third-order valence-corrected chi connectivity index (χ3v) is 9.78. The molecule has 0 aliphatic carbocycles. The first-order chi connectivity index (χ1) is 25.8. The number of hydrogen-bond acceptors (Lipinski definition) is 9. The van der Waals surface area contributed by atoms with Crippen molar-refractivity contribution < 1.29 is 47.8 Å². The summed E-state index contributed by atoms with van der Waals surface area (Å²) in [5, 5.41) is 19.1.